The van der Waals surface area contributed by atoms with Gasteiger partial charge in [0.2, 0.25) is 11.8 Å². The summed E-state index contributed by atoms with van der Waals surface area (Å²) in [7, 11) is 1.29. The maximum absolute atomic E-state index is 14.0. The first-order valence-corrected chi connectivity index (χ1v) is 14.7. The molecule has 1 N–H and O–H groups in total. The summed E-state index contributed by atoms with van der Waals surface area (Å²) < 4.78 is 17.0. The van der Waals surface area contributed by atoms with Crippen molar-refractivity contribution in [2.45, 2.75) is 64.6 Å². The number of esters is 1. The predicted molar refractivity (Wildman–Crippen MR) is 162 cm³/mol. The lowest BCUT2D eigenvalue weighted by atomic mass is 9.85. The Morgan fingerprint density at radius 2 is 1.81 bits per heavy atom. The van der Waals surface area contributed by atoms with Gasteiger partial charge in [0.05, 0.1) is 31.3 Å². The van der Waals surface area contributed by atoms with Crippen molar-refractivity contribution >= 4 is 35.1 Å². The molecule has 0 radical (unpaired) electrons. The van der Waals surface area contributed by atoms with Crippen molar-refractivity contribution < 1.29 is 28.6 Å². The number of ether oxygens (including phenoxy) is 3. The number of nitrogens with one attached hydrogen (secondary N) is 1. The number of para-hydroxylation sites is 2. The minimum absolute atomic E-state index is 0.0959. The average molecular weight is 587 g/mol. The number of nitrogens with zero attached hydrogens (tertiary/aromatic N) is 3. The van der Waals surface area contributed by atoms with Crippen LogP contribution in [0.5, 0.6) is 5.88 Å². The first kappa shape index (κ1) is 30.0. The molecule has 10 heteroatoms. The highest BCUT2D eigenvalue weighted by Gasteiger charge is 2.46. The molecule has 2 aliphatic rings. The second kappa shape index (κ2) is 12.8. The second-order valence-corrected chi connectivity index (χ2v) is 12.0. The fourth-order valence-corrected chi connectivity index (χ4v) is 5.41. The average Bonchev–Trinajstić information content (AvgIpc) is 3.41. The van der Waals surface area contributed by atoms with Crippen LogP contribution in [0.3, 0.4) is 0 Å². The van der Waals surface area contributed by atoms with Crippen LogP contribution in [0.25, 0.3) is 28.4 Å². The zero-order valence-corrected chi connectivity index (χ0v) is 25.0. The molecule has 2 aliphatic heterocycles. The van der Waals surface area contributed by atoms with Crippen molar-refractivity contribution in [2.24, 2.45) is 5.41 Å². The Morgan fingerprint density at radius 3 is 2.56 bits per heavy atom. The molecule has 10 nitrogen and oxygen atoms in total. The number of allylic oxidation sites excluding steroid dienone is 1. The van der Waals surface area contributed by atoms with E-state index in [0.29, 0.717) is 23.5 Å². The maximum atomic E-state index is 14.0. The monoisotopic (exact) mass is 586 g/mol. The van der Waals surface area contributed by atoms with E-state index in [1.54, 1.807) is 0 Å². The number of rotatable bonds is 1. The maximum Gasteiger partial charge on any atom is 0.407 e. The number of aromatic nitrogens is 2. The van der Waals surface area contributed by atoms with E-state index in [9.17, 15) is 14.4 Å². The van der Waals surface area contributed by atoms with E-state index >= 15 is 0 Å². The van der Waals surface area contributed by atoms with Crippen LogP contribution in [0, 0.1) is 5.41 Å². The Morgan fingerprint density at radius 1 is 1.05 bits per heavy atom. The van der Waals surface area contributed by atoms with Gasteiger partial charge in [0.25, 0.3) is 0 Å². The highest BCUT2D eigenvalue weighted by atomic mass is 16.5. The molecule has 1 aromatic heterocycles. The van der Waals surface area contributed by atoms with E-state index < -0.39 is 41.6 Å². The van der Waals surface area contributed by atoms with Gasteiger partial charge in [0, 0.05) is 12.0 Å². The zero-order chi connectivity index (χ0) is 30.6. The van der Waals surface area contributed by atoms with Gasteiger partial charge in [-0.3, -0.25) is 4.79 Å². The highest BCUT2D eigenvalue weighted by molar-refractivity contribution is 5.91. The fourth-order valence-electron chi connectivity index (χ4n) is 5.41. The lowest BCUT2D eigenvalue weighted by Gasteiger charge is -2.34. The number of benzene rings is 2. The highest BCUT2D eigenvalue weighted by Crippen LogP contribution is 2.33. The van der Waals surface area contributed by atoms with Gasteiger partial charge in [-0.25, -0.2) is 19.6 Å². The van der Waals surface area contributed by atoms with Crippen LogP contribution in [0.1, 0.15) is 52.0 Å². The van der Waals surface area contributed by atoms with Gasteiger partial charge in [0.1, 0.15) is 23.9 Å². The summed E-state index contributed by atoms with van der Waals surface area (Å²) in [6.45, 7) is 5.88. The summed E-state index contributed by atoms with van der Waals surface area (Å²) in [5, 5.41) is 2.75. The molecule has 1 fully saturated rings. The molecule has 0 unspecified atom stereocenters. The minimum atomic E-state index is -0.946. The number of amides is 2. The second-order valence-electron chi connectivity index (χ2n) is 12.0. The van der Waals surface area contributed by atoms with Gasteiger partial charge in [-0.1, -0.05) is 63.3 Å². The van der Waals surface area contributed by atoms with Crippen LogP contribution >= 0.6 is 0 Å². The van der Waals surface area contributed by atoms with Crippen molar-refractivity contribution in [1.29, 1.82) is 0 Å². The molecule has 5 rings (SSSR count). The van der Waals surface area contributed by atoms with Crippen LogP contribution in [-0.2, 0) is 19.1 Å². The summed E-state index contributed by atoms with van der Waals surface area (Å²) in [5.74, 6) is -0.661. The van der Waals surface area contributed by atoms with Crippen molar-refractivity contribution in [3.63, 3.8) is 0 Å². The topological polar surface area (TPSA) is 120 Å². The predicted octanol–water partition coefficient (Wildman–Crippen LogP) is 5.16. The van der Waals surface area contributed by atoms with E-state index in [2.05, 4.69) is 17.5 Å². The van der Waals surface area contributed by atoms with E-state index in [-0.39, 0.29) is 19.6 Å². The Kier molecular flexibility index (Phi) is 8.94. The molecule has 0 saturated carbocycles. The van der Waals surface area contributed by atoms with Gasteiger partial charge >= 0.3 is 12.1 Å². The third-order valence-electron chi connectivity index (χ3n) is 7.68. The Bertz CT molecular complexity index is 1530. The Hall–Kier alpha value is -4.47. The molecule has 0 aliphatic carbocycles. The number of carbonyl (C=O) groups is 3. The number of cyclic esters (lactones) is 1. The van der Waals surface area contributed by atoms with Gasteiger partial charge < -0.3 is 24.4 Å². The third-order valence-corrected chi connectivity index (χ3v) is 7.68. The summed E-state index contributed by atoms with van der Waals surface area (Å²) >= 11 is 0. The van der Waals surface area contributed by atoms with Crippen LogP contribution < -0.4 is 10.1 Å². The first-order chi connectivity index (χ1) is 20.6. The number of methoxy groups -OCH3 is 1. The number of fused-ring (bicyclic) bond motifs is 7. The molecule has 226 valence electrons. The van der Waals surface area contributed by atoms with Gasteiger partial charge in [-0.15, -0.1) is 0 Å². The van der Waals surface area contributed by atoms with Crippen molar-refractivity contribution in [3.05, 3.63) is 60.2 Å². The molecular formula is C33H38N4O6. The number of alkyl carbamates (subject to hydrolysis) is 1. The van der Waals surface area contributed by atoms with Crippen molar-refractivity contribution in [2.75, 3.05) is 20.3 Å². The fraction of sp³-hybridized carbons (Fsp3) is 0.424. The Labute approximate surface area is 251 Å². The first-order valence-electron chi connectivity index (χ1n) is 14.7. The largest absolute Gasteiger partial charge is 0.471 e. The van der Waals surface area contributed by atoms with E-state index in [1.807, 2.05) is 69.3 Å². The summed E-state index contributed by atoms with van der Waals surface area (Å²) in [5.41, 5.74) is 3.13. The summed E-state index contributed by atoms with van der Waals surface area (Å²) in [6.07, 6.45) is 5.41. The standard InChI is InChI=1S/C33H38N4O6/c1-33(2,3)28-30(38)37-20-23(19-26(37)31(39)41-4)43-29-27(34-24-15-8-9-16-25(24)35-29)22-14-11-13-21(18-22)12-7-5-6-10-17-42-32(40)36-28/h7-9,11-16,18,23,26,28H,5-6,10,17,19-20H2,1-4H3,(H,36,40)/b12-7+/t23-,26+,28-/m1/s1. The molecule has 4 bridgehead atoms. The van der Waals surface area contributed by atoms with Crippen LogP contribution in [0.15, 0.2) is 54.6 Å². The molecule has 1 saturated heterocycles. The number of hydrogen-bond donors (Lipinski definition) is 1. The van der Waals surface area contributed by atoms with Gasteiger partial charge in [-0.2, -0.15) is 0 Å². The normalized spacial score (nSPS) is 22.5. The summed E-state index contributed by atoms with van der Waals surface area (Å²) in [4.78, 5) is 50.8. The molecule has 2 amide bonds. The van der Waals surface area contributed by atoms with Crippen LogP contribution in [0.2, 0.25) is 0 Å². The Balaban J connectivity index is 1.57. The molecule has 2 aromatic carbocycles. The molecular weight excluding hydrogens is 548 g/mol. The van der Waals surface area contributed by atoms with Crippen molar-refractivity contribution in [1.82, 2.24) is 20.2 Å². The lowest BCUT2D eigenvalue weighted by Crippen LogP contribution is -2.57. The van der Waals surface area contributed by atoms with Crippen molar-refractivity contribution in [3.8, 4) is 17.1 Å². The third kappa shape index (κ3) is 6.96. The molecule has 43 heavy (non-hydrogen) atoms. The lowest BCUT2D eigenvalue weighted by molar-refractivity contribution is -0.152. The molecule has 3 aromatic rings. The van der Waals surface area contributed by atoms with E-state index in [0.717, 1.165) is 29.5 Å². The minimum Gasteiger partial charge on any atom is -0.471 e. The smallest absolute Gasteiger partial charge is 0.407 e. The summed E-state index contributed by atoms with van der Waals surface area (Å²) in [6, 6.07) is 13.7. The van der Waals surface area contributed by atoms with Crippen LogP contribution in [0.4, 0.5) is 4.79 Å². The molecule has 3 atom stereocenters. The van der Waals surface area contributed by atoms with Crippen LogP contribution in [-0.4, -0.2) is 71.3 Å². The number of hydrogen-bond acceptors (Lipinski definition) is 8. The van der Waals surface area contributed by atoms with E-state index in [1.165, 1.54) is 12.0 Å². The van der Waals surface area contributed by atoms with E-state index in [4.69, 9.17) is 24.2 Å². The molecule has 0 spiro atoms. The SMILES string of the molecule is COC(=O)[C@@H]1C[C@@H]2CN1C(=O)[C@H](C(C)(C)C)NC(=O)OCCCC/C=C/c1cccc(c1)-c1nc3ccccc3nc1O2. The zero-order valence-electron chi connectivity index (χ0n) is 25.0. The van der Waals surface area contributed by atoms with Gasteiger partial charge in [0.15, 0.2) is 0 Å². The molecule has 3 heterocycles. The number of carbonyl (C=O) groups excluding carboxylic acids is 3. The quantitative estimate of drug-likeness (QED) is 0.389. The van der Waals surface area contributed by atoms with Gasteiger partial charge in [-0.05, 0) is 48.4 Å².